The summed E-state index contributed by atoms with van der Waals surface area (Å²) >= 11 is 0. The molecule has 1 amide bonds. The molecule has 2 atom stereocenters. The van der Waals surface area contributed by atoms with Crippen LogP contribution in [-0.2, 0) is 14.3 Å². The molecule has 0 radical (unpaired) electrons. The minimum Gasteiger partial charge on any atom is -0.455 e. The Morgan fingerprint density at radius 2 is 2.06 bits per heavy atom. The summed E-state index contributed by atoms with van der Waals surface area (Å²) in [6.45, 7) is 3.70. The van der Waals surface area contributed by atoms with Crippen LogP contribution in [-0.4, -0.2) is 18.5 Å². The molecule has 1 N–H and O–H groups in total. The summed E-state index contributed by atoms with van der Waals surface area (Å²) in [5.74, 6) is -0.165. The summed E-state index contributed by atoms with van der Waals surface area (Å²) in [6, 6.07) is 7.48. The fraction of sp³-hybridized carbons (Fsp3) is 0.429. The molecule has 0 spiro atoms. The van der Waals surface area contributed by atoms with E-state index in [0.717, 1.165) is 17.7 Å². The van der Waals surface area contributed by atoms with Crippen molar-refractivity contribution < 1.29 is 14.3 Å². The number of hydrogen-bond donors (Lipinski definition) is 1. The maximum Gasteiger partial charge on any atom is 0.309 e. The van der Waals surface area contributed by atoms with Crippen molar-refractivity contribution in [3.63, 3.8) is 0 Å². The fourth-order valence-electron chi connectivity index (χ4n) is 1.79. The Balaban J connectivity index is 1.79. The highest BCUT2D eigenvalue weighted by molar-refractivity contribution is 5.93. The first-order valence-corrected chi connectivity index (χ1v) is 6.10. The van der Waals surface area contributed by atoms with Gasteiger partial charge in [0.1, 0.15) is 0 Å². The van der Waals surface area contributed by atoms with Crippen LogP contribution < -0.4 is 5.32 Å². The van der Waals surface area contributed by atoms with Crippen molar-refractivity contribution in [2.75, 3.05) is 11.9 Å². The number of ether oxygens (including phenoxy) is 1. The Kier molecular flexibility index (Phi) is 3.65. The molecule has 1 aromatic carbocycles. The lowest BCUT2D eigenvalue weighted by molar-refractivity contribution is -0.148. The molecule has 2 rings (SSSR count). The Bertz CT molecular complexity index is 470. The number of amides is 1. The molecule has 1 aliphatic carbocycles. The summed E-state index contributed by atoms with van der Waals surface area (Å²) in [7, 11) is 0. The van der Waals surface area contributed by atoms with Crippen molar-refractivity contribution in [3.8, 4) is 0 Å². The van der Waals surface area contributed by atoms with Crippen LogP contribution in [0.4, 0.5) is 5.69 Å². The average Bonchev–Trinajstić information content (AvgIpc) is 3.06. The molecule has 0 saturated heterocycles. The highest BCUT2D eigenvalue weighted by Gasteiger charge is 2.40. The largest absolute Gasteiger partial charge is 0.455 e. The second kappa shape index (κ2) is 5.21. The van der Waals surface area contributed by atoms with Crippen molar-refractivity contribution in [2.45, 2.75) is 20.3 Å². The summed E-state index contributed by atoms with van der Waals surface area (Å²) in [4.78, 5) is 23.0. The molecule has 1 fully saturated rings. The monoisotopic (exact) mass is 247 g/mol. The zero-order chi connectivity index (χ0) is 13.1. The molecule has 0 aromatic heterocycles. The molecular formula is C14H17NO3. The lowest BCUT2D eigenvalue weighted by atomic mass is 10.2. The first-order valence-electron chi connectivity index (χ1n) is 6.10. The highest BCUT2D eigenvalue weighted by atomic mass is 16.5. The van der Waals surface area contributed by atoms with Gasteiger partial charge < -0.3 is 10.1 Å². The van der Waals surface area contributed by atoms with E-state index in [0.29, 0.717) is 5.92 Å². The summed E-state index contributed by atoms with van der Waals surface area (Å²) in [6.07, 6.45) is 0.873. The Hall–Kier alpha value is -1.84. The quantitative estimate of drug-likeness (QED) is 0.829. The smallest absolute Gasteiger partial charge is 0.309 e. The van der Waals surface area contributed by atoms with Gasteiger partial charge in [0.15, 0.2) is 6.61 Å². The van der Waals surface area contributed by atoms with Crippen molar-refractivity contribution in [1.82, 2.24) is 0 Å². The first kappa shape index (κ1) is 12.6. The van der Waals surface area contributed by atoms with E-state index >= 15 is 0 Å². The summed E-state index contributed by atoms with van der Waals surface area (Å²) in [5.41, 5.74) is 1.73. The first-order chi connectivity index (χ1) is 8.58. The van der Waals surface area contributed by atoms with E-state index in [1.807, 2.05) is 38.1 Å². The van der Waals surface area contributed by atoms with E-state index in [4.69, 9.17) is 4.74 Å². The van der Waals surface area contributed by atoms with Gasteiger partial charge in [-0.3, -0.25) is 9.59 Å². The van der Waals surface area contributed by atoms with Crippen LogP contribution in [0.2, 0.25) is 0 Å². The van der Waals surface area contributed by atoms with Gasteiger partial charge in [0.05, 0.1) is 5.92 Å². The van der Waals surface area contributed by atoms with Crippen LogP contribution in [0.5, 0.6) is 0 Å². The van der Waals surface area contributed by atoms with Crippen molar-refractivity contribution >= 4 is 17.6 Å². The molecular weight excluding hydrogens is 230 g/mol. The molecule has 18 heavy (non-hydrogen) atoms. The SMILES string of the molecule is Cc1ccccc1NC(=O)COC(=O)[C@@H]1C[C@@H]1C. The topological polar surface area (TPSA) is 55.4 Å². The number of carbonyl (C=O) groups excluding carboxylic acids is 2. The molecule has 0 aliphatic heterocycles. The van der Waals surface area contributed by atoms with E-state index < -0.39 is 0 Å². The third-order valence-electron chi connectivity index (χ3n) is 3.18. The molecule has 0 heterocycles. The third kappa shape index (κ3) is 3.09. The van der Waals surface area contributed by atoms with Gasteiger partial charge in [-0.25, -0.2) is 0 Å². The maximum absolute atomic E-state index is 11.6. The zero-order valence-electron chi connectivity index (χ0n) is 10.6. The summed E-state index contributed by atoms with van der Waals surface area (Å²) in [5, 5.41) is 2.72. The van der Waals surface area contributed by atoms with E-state index in [2.05, 4.69) is 5.32 Å². The molecule has 4 nitrogen and oxygen atoms in total. The minimum absolute atomic E-state index is 0.00346. The molecule has 1 aliphatic rings. The maximum atomic E-state index is 11.6. The Morgan fingerprint density at radius 3 is 2.67 bits per heavy atom. The van der Waals surface area contributed by atoms with Crippen molar-refractivity contribution in [1.29, 1.82) is 0 Å². The van der Waals surface area contributed by atoms with Crippen LogP contribution in [0.15, 0.2) is 24.3 Å². The second-order valence-electron chi connectivity index (χ2n) is 4.79. The van der Waals surface area contributed by atoms with Gasteiger partial charge >= 0.3 is 5.97 Å². The number of esters is 1. The Labute approximate surface area is 106 Å². The number of aryl methyl sites for hydroxylation is 1. The van der Waals surface area contributed by atoms with Crippen LogP contribution in [0.25, 0.3) is 0 Å². The van der Waals surface area contributed by atoms with Crippen LogP contribution in [0.3, 0.4) is 0 Å². The zero-order valence-corrected chi connectivity index (χ0v) is 10.6. The predicted molar refractivity (Wildman–Crippen MR) is 68.0 cm³/mol. The van der Waals surface area contributed by atoms with Gasteiger partial charge in [-0.2, -0.15) is 0 Å². The van der Waals surface area contributed by atoms with Crippen LogP contribution in [0, 0.1) is 18.8 Å². The standard InChI is InChI=1S/C14H17NO3/c1-9-5-3-4-6-12(9)15-13(16)8-18-14(17)11-7-10(11)2/h3-6,10-11H,7-8H2,1-2H3,(H,15,16)/t10-,11+/m0/s1. The van der Waals surface area contributed by atoms with Gasteiger partial charge in [-0.15, -0.1) is 0 Å². The number of hydrogen-bond acceptors (Lipinski definition) is 3. The highest BCUT2D eigenvalue weighted by Crippen LogP contribution is 2.38. The van der Waals surface area contributed by atoms with Gasteiger partial charge in [0.25, 0.3) is 5.91 Å². The summed E-state index contributed by atoms with van der Waals surface area (Å²) < 4.78 is 4.96. The lowest BCUT2D eigenvalue weighted by Crippen LogP contribution is -2.22. The number of rotatable bonds is 4. The molecule has 1 aromatic rings. The second-order valence-corrected chi connectivity index (χ2v) is 4.79. The van der Waals surface area contributed by atoms with Crippen LogP contribution in [0.1, 0.15) is 18.9 Å². The Morgan fingerprint density at radius 1 is 1.39 bits per heavy atom. The number of para-hydroxylation sites is 1. The minimum atomic E-state index is -0.300. The lowest BCUT2D eigenvalue weighted by Gasteiger charge is -2.08. The number of benzene rings is 1. The van der Waals surface area contributed by atoms with Gasteiger partial charge in [-0.05, 0) is 30.9 Å². The average molecular weight is 247 g/mol. The van der Waals surface area contributed by atoms with Gasteiger partial charge in [0.2, 0.25) is 0 Å². The fourth-order valence-corrected chi connectivity index (χ4v) is 1.79. The van der Waals surface area contributed by atoms with Crippen molar-refractivity contribution in [3.05, 3.63) is 29.8 Å². The molecule has 4 heteroatoms. The third-order valence-corrected chi connectivity index (χ3v) is 3.18. The number of anilines is 1. The van der Waals surface area contributed by atoms with Crippen LogP contribution >= 0.6 is 0 Å². The number of carbonyl (C=O) groups is 2. The van der Waals surface area contributed by atoms with E-state index in [1.165, 1.54) is 0 Å². The molecule has 96 valence electrons. The van der Waals surface area contributed by atoms with Gasteiger partial charge in [0, 0.05) is 5.69 Å². The number of nitrogens with one attached hydrogen (secondary N) is 1. The normalized spacial score (nSPS) is 21.2. The van der Waals surface area contributed by atoms with E-state index in [9.17, 15) is 9.59 Å². The van der Waals surface area contributed by atoms with E-state index in [1.54, 1.807) is 0 Å². The molecule has 0 unspecified atom stereocenters. The van der Waals surface area contributed by atoms with E-state index in [-0.39, 0.29) is 24.4 Å². The molecule has 0 bridgehead atoms. The molecule has 1 saturated carbocycles. The van der Waals surface area contributed by atoms with Gasteiger partial charge in [-0.1, -0.05) is 25.1 Å². The predicted octanol–water partition coefficient (Wildman–Crippen LogP) is 2.13. The van der Waals surface area contributed by atoms with Crippen molar-refractivity contribution in [2.24, 2.45) is 11.8 Å².